The molecule has 4 nitrogen and oxygen atoms in total. The van der Waals surface area contributed by atoms with Gasteiger partial charge in [0.25, 0.3) is 0 Å². The molecule has 2 rings (SSSR count). The number of carbonyl (C=O) groups excluding carboxylic acids is 1. The first kappa shape index (κ1) is 30.9. The maximum Gasteiger partial charge on any atom is 0.211 e. The number of hydrogen-bond acceptors (Lipinski definition) is 3. The zero-order valence-electron chi connectivity index (χ0n) is 20.5. The van der Waals surface area contributed by atoms with Crippen molar-refractivity contribution in [3.05, 3.63) is 66.9 Å². The fourth-order valence-corrected chi connectivity index (χ4v) is 3.04. The Morgan fingerprint density at radius 3 is 2.03 bits per heavy atom. The van der Waals surface area contributed by atoms with E-state index < -0.39 is 0 Å². The molecule has 0 aliphatic heterocycles. The van der Waals surface area contributed by atoms with Crippen LogP contribution in [0.15, 0.2) is 61.3 Å². The number of anilines is 1. The van der Waals surface area contributed by atoms with Crippen molar-refractivity contribution >= 4 is 12.1 Å². The first-order chi connectivity index (χ1) is 15.1. The van der Waals surface area contributed by atoms with E-state index in [0.29, 0.717) is 12.1 Å². The summed E-state index contributed by atoms with van der Waals surface area (Å²) in [6, 6.07) is 8.31. The minimum atomic E-state index is 0.594. The highest BCUT2D eigenvalue weighted by molar-refractivity contribution is 5.52. The van der Waals surface area contributed by atoms with Gasteiger partial charge in [-0.25, -0.2) is 0 Å². The van der Waals surface area contributed by atoms with Gasteiger partial charge < -0.3 is 16.4 Å². The van der Waals surface area contributed by atoms with E-state index in [1.807, 2.05) is 20.9 Å². The highest BCUT2D eigenvalue weighted by atomic mass is 16.1. The topological polar surface area (TPSA) is 67.2 Å². The molecule has 1 aliphatic carbocycles. The molecular formula is C27H47N3O. The second kappa shape index (κ2) is 23.9. The molecule has 0 heterocycles. The van der Waals surface area contributed by atoms with Crippen molar-refractivity contribution in [1.29, 1.82) is 0 Å². The molecule has 176 valence electrons. The van der Waals surface area contributed by atoms with Crippen molar-refractivity contribution in [3.63, 3.8) is 0 Å². The van der Waals surface area contributed by atoms with Gasteiger partial charge in [0.1, 0.15) is 0 Å². The van der Waals surface area contributed by atoms with Crippen LogP contribution in [0, 0.1) is 5.92 Å². The van der Waals surface area contributed by atoms with Crippen molar-refractivity contribution in [2.24, 2.45) is 11.7 Å². The summed E-state index contributed by atoms with van der Waals surface area (Å²) < 4.78 is 0. The average molecular weight is 430 g/mol. The van der Waals surface area contributed by atoms with Crippen LogP contribution >= 0.6 is 0 Å². The number of rotatable bonds is 7. The summed E-state index contributed by atoms with van der Waals surface area (Å²) in [5.74, 6) is 1.02. The second-order valence-electron chi connectivity index (χ2n) is 7.26. The van der Waals surface area contributed by atoms with Crippen LogP contribution in [0.2, 0.25) is 0 Å². The molecule has 4 N–H and O–H groups in total. The van der Waals surface area contributed by atoms with Crippen molar-refractivity contribution < 1.29 is 4.79 Å². The molecule has 0 radical (unpaired) electrons. The Morgan fingerprint density at radius 2 is 1.61 bits per heavy atom. The van der Waals surface area contributed by atoms with E-state index in [1.54, 1.807) is 12.2 Å². The summed E-state index contributed by atoms with van der Waals surface area (Å²) in [5, 5.41) is 5.49. The van der Waals surface area contributed by atoms with Crippen molar-refractivity contribution in [3.8, 4) is 0 Å². The van der Waals surface area contributed by atoms with Crippen LogP contribution in [-0.2, 0) is 11.2 Å². The highest BCUT2D eigenvalue weighted by Gasteiger charge is 2.04. The van der Waals surface area contributed by atoms with Gasteiger partial charge in [0.15, 0.2) is 0 Å². The van der Waals surface area contributed by atoms with Crippen molar-refractivity contribution in [2.45, 2.75) is 72.1 Å². The fourth-order valence-electron chi connectivity index (χ4n) is 3.04. The first-order valence-electron chi connectivity index (χ1n) is 11.7. The smallest absolute Gasteiger partial charge is 0.211 e. The molecule has 31 heavy (non-hydrogen) atoms. The van der Waals surface area contributed by atoms with Gasteiger partial charge in [-0.2, -0.15) is 0 Å². The van der Waals surface area contributed by atoms with E-state index >= 15 is 0 Å². The van der Waals surface area contributed by atoms with Gasteiger partial charge in [0, 0.05) is 18.4 Å². The molecular weight excluding hydrogens is 382 g/mol. The Labute approximate surface area is 192 Å². The van der Waals surface area contributed by atoms with Crippen molar-refractivity contribution in [1.82, 2.24) is 5.32 Å². The van der Waals surface area contributed by atoms with Gasteiger partial charge in [-0.3, -0.25) is 4.79 Å². The Bertz CT molecular complexity index is 571. The van der Waals surface area contributed by atoms with E-state index in [-0.39, 0.29) is 0 Å². The lowest BCUT2D eigenvalue weighted by molar-refractivity contribution is -0.108. The zero-order chi connectivity index (χ0) is 23.7. The Hall–Kier alpha value is -2.33. The molecule has 0 aromatic heterocycles. The molecule has 0 bridgehead atoms. The minimum Gasteiger partial charge on any atom is -0.388 e. The lowest BCUT2D eigenvalue weighted by Gasteiger charge is -2.13. The van der Waals surface area contributed by atoms with E-state index in [9.17, 15) is 4.79 Å². The molecule has 1 amide bonds. The Morgan fingerprint density at radius 1 is 1.06 bits per heavy atom. The third-order valence-corrected chi connectivity index (χ3v) is 4.81. The molecule has 0 spiro atoms. The van der Waals surface area contributed by atoms with Gasteiger partial charge in [0.05, 0.1) is 0 Å². The molecule has 1 aliphatic rings. The second-order valence-corrected chi connectivity index (χ2v) is 7.26. The molecule has 0 atom stereocenters. The predicted molar refractivity (Wildman–Crippen MR) is 139 cm³/mol. The molecule has 0 saturated heterocycles. The zero-order valence-corrected chi connectivity index (χ0v) is 20.5. The van der Waals surface area contributed by atoms with Gasteiger partial charge in [-0.15, -0.1) is 0 Å². The number of nitrogens with one attached hydrogen (secondary N) is 2. The molecule has 1 aromatic rings. The van der Waals surface area contributed by atoms with Gasteiger partial charge in [-0.1, -0.05) is 97.1 Å². The predicted octanol–water partition coefficient (Wildman–Crippen LogP) is 6.61. The van der Waals surface area contributed by atoms with Crippen LogP contribution in [0.1, 0.15) is 71.3 Å². The van der Waals surface area contributed by atoms with Crippen LogP contribution in [0.4, 0.5) is 5.69 Å². The van der Waals surface area contributed by atoms with Gasteiger partial charge in [0.2, 0.25) is 6.41 Å². The van der Waals surface area contributed by atoms with Crippen LogP contribution in [0.25, 0.3) is 0 Å². The number of amides is 1. The number of hydrogen-bond donors (Lipinski definition) is 3. The largest absolute Gasteiger partial charge is 0.388 e. The third-order valence-electron chi connectivity index (χ3n) is 4.81. The summed E-state index contributed by atoms with van der Waals surface area (Å²) in [6.45, 7) is 14.0. The van der Waals surface area contributed by atoms with Crippen molar-refractivity contribution in [2.75, 3.05) is 18.9 Å². The van der Waals surface area contributed by atoms with Crippen LogP contribution in [-0.4, -0.2) is 20.0 Å². The number of nitrogens with two attached hydrogens (primary N) is 1. The van der Waals surface area contributed by atoms with Gasteiger partial charge in [-0.05, 0) is 48.7 Å². The number of allylic oxidation sites excluding steroid dienone is 3. The summed E-state index contributed by atoms with van der Waals surface area (Å²) in [4.78, 5) is 9.81. The number of benzene rings is 1. The molecule has 1 saturated carbocycles. The normalized spacial score (nSPS) is 13.8. The molecule has 1 aromatic carbocycles. The van der Waals surface area contributed by atoms with Gasteiger partial charge >= 0.3 is 0 Å². The average Bonchev–Trinajstić information content (AvgIpc) is 2.79. The fraction of sp³-hybridized carbons (Fsp3) is 0.519. The standard InChI is InChI=1S/C9H14N2.C9H18.C7H9NO.C2H6/c1-11-9-4-2-8(3-5-9)6-7-10;1-9-7-5-3-2-4-6-8-9;1-3-5-7(4-2)8-6-9;1-2/h2-5,11H,6-7,10H2,1H3;9H,2-8H2,1H3;3-6H,1-2H2,(H,8,9);1-2H3/b;;7-5+;. The summed E-state index contributed by atoms with van der Waals surface area (Å²) >= 11 is 0. The maximum atomic E-state index is 9.81. The lowest BCUT2D eigenvalue weighted by Crippen LogP contribution is -2.06. The molecule has 4 heteroatoms. The lowest BCUT2D eigenvalue weighted by atomic mass is 9.93. The molecule has 0 unspecified atom stereocenters. The van der Waals surface area contributed by atoms with E-state index in [4.69, 9.17) is 5.73 Å². The summed E-state index contributed by atoms with van der Waals surface area (Å²) in [7, 11) is 1.91. The summed E-state index contributed by atoms with van der Waals surface area (Å²) in [5.41, 5.74) is 8.51. The minimum absolute atomic E-state index is 0.594. The van der Waals surface area contributed by atoms with E-state index in [0.717, 1.165) is 24.6 Å². The highest BCUT2D eigenvalue weighted by Crippen LogP contribution is 2.20. The van der Waals surface area contributed by atoms with E-state index in [1.165, 1.54) is 56.6 Å². The van der Waals surface area contributed by atoms with E-state index in [2.05, 4.69) is 55.0 Å². The van der Waals surface area contributed by atoms with Crippen LogP contribution in [0.3, 0.4) is 0 Å². The SMILES string of the molecule is C=C/C=C(\C=C)NC=O.CC.CC1CCCCCCC1.CNc1ccc(CCN)cc1. The number of carbonyl (C=O) groups is 1. The first-order valence-corrected chi connectivity index (χ1v) is 11.7. The quantitative estimate of drug-likeness (QED) is 0.337. The van der Waals surface area contributed by atoms with Crippen LogP contribution < -0.4 is 16.4 Å². The van der Waals surface area contributed by atoms with Crippen LogP contribution in [0.5, 0.6) is 0 Å². The molecule has 1 fully saturated rings. The Balaban J connectivity index is 0. The maximum absolute atomic E-state index is 9.81. The Kier molecular flexibility index (Phi) is 23.8. The summed E-state index contributed by atoms with van der Waals surface area (Å²) in [6.07, 6.45) is 16.7. The monoisotopic (exact) mass is 429 g/mol. The third kappa shape index (κ3) is 19.4.